The van der Waals surface area contributed by atoms with Crippen molar-refractivity contribution in [3.8, 4) is 0 Å². The maximum Gasteiger partial charge on any atom is 0.273 e. The summed E-state index contributed by atoms with van der Waals surface area (Å²) in [6, 6.07) is 0. The third kappa shape index (κ3) is 3.91. The summed E-state index contributed by atoms with van der Waals surface area (Å²) in [6.07, 6.45) is 8.24. The first-order valence-electron chi connectivity index (χ1n) is 7.68. The van der Waals surface area contributed by atoms with Gasteiger partial charge in [-0.05, 0) is 31.8 Å². The molecule has 0 spiro atoms. The number of imidazole rings is 1. The zero-order valence-electron chi connectivity index (χ0n) is 12.5. The Bertz CT molecular complexity index is 586. The standard InChI is InChI=1S/C14H21N7O/c22-14(18-5-3-13-16-6-7-17-13)12-10-21(20-19-12)9-11-2-1-4-15-8-11/h6-7,10-11,15H,1-5,8-9H2,(H,16,17)(H,18,22). The quantitative estimate of drug-likeness (QED) is 0.696. The van der Waals surface area contributed by atoms with Crippen molar-refractivity contribution in [2.45, 2.75) is 25.8 Å². The van der Waals surface area contributed by atoms with Gasteiger partial charge in [0.1, 0.15) is 5.82 Å². The average molecular weight is 303 g/mol. The van der Waals surface area contributed by atoms with E-state index in [1.165, 1.54) is 12.8 Å². The summed E-state index contributed by atoms with van der Waals surface area (Å²) in [4.78, 5) is 19.1. The lowest BCUT2D eigenvalue weighted by Crippen LogP contribution is -2.32. The van der Waals surface area contributed by atoms with Gasteiger partial charge in [0, 0.05) is 31.9 Å². The molecule has 3 N–H and O–H groups in total. The predicted molar refractivity (Wildman–Crippen MR) is 80.2 cm³/mol. The molecule has 1 saturated heterocycles. The van der Waals surface area contributed by atoms with Crippen molar-refractivity contribution >= 4 is 5.91 Å². The van der Waals surface area contributed by atoms with Crippen LogP contribution in [-0.4, -0.2) is 50.5 Å². The first-order valence-corrected chi connectivity index (χ1v) is 7.68. The molecule has 0 saturated carbocycles. The fourth-order valence-corrected chi connectivity index (χ4v) is 2.66. The number of hydrogen-bond acceptors (Lipinski definition) is 5. The summed E-state index contributed by atoms with van der Waals surface area (Å²) < 4.78 is 1.76. The summed E-state index contributed by atoms with van der Waals surface area (Å²) >= 11 is 0. The summed E-state index contributed by atoms with van der Waals surface area (Å²) in [5, 5.41) is 14.2. The molecule has 2 aromatic rings. The number of aromatic nitrogens is 5. The normalized spacial score (nSPS) is 18.3. The van der Waals surface area contributed by atoms with E-state index in [9.17, 15) is 4.79 Å². The van der Waals surface area contributed by atoms with Crippen LogP contribution in [-0.2, 0) is 13.0 Å². The molecule has 1 fully saturated rings. The van der Waals surface area contributed by atoms with E-state index in [1.807, 2.05) is 0 Å². The van der Waals surface area contributed by atoms with Gasteiger partial charge in [-0.25, -0.2) is 4.98 Å². The highest BCUT2D eigenvalue weighted by molar-refractivity contribution is 5.91. The van der Waals surface area contributed by atoms with Crippen LogP contribution in [0.25, 0.3) is 0 Å². The zero-order valence-corrected chi connectivity index (χ0v) is 12.5. The summed E-state index contributed by atoms with van der Waals surface area (Å²) in [6.45, 7) is 3.42. The Labute approximate surface area is 128 Å². The molecule has 118 valence electrons. The second-order valence-corrected chi connectivity index (χ2v) is 5.58. The van der Waals surface area contributed by atoms with E-state index in [0.717, 1.165) is 25.5 Å². The number of H-pyrrole nitrogens is 1. The van der Waals surface area contributed by atoms with Gasteiger partial charge in [-0.1, -0.05) is 5.21 Å². The minimum absolute atomic E-state index is 0.195. The molecule has 0 bridgehead atoms. The smallest absolute Gasteiger partial charge is 0.273 e. The SMILES string of the molecule is O=C(NCCc1ncc[nH]1)c1cn(CC2CCCNC2)nn1. The molecule has 3 rings (SSSR count). The van der Waals surface area contributed by atoms with Crippen molar-refractivity contribution in [2.24, 2.45) is 5.92 Å². The number of carbonyl (C=O) groups excluding carboxylic acids is 1. The van der Waals surface area contributed by atoms with Crippen LogP contribution in [0.15, 0.2) is 18.6 Å². The van der Waals surface area contributed by atoms with Crippen molar-refractivity contribution in [1.82, 2.24) is 35.6 Å². The van der Waals surface area contributed by atoms with E-state index in [2.05, 4.69) is 30.9 Å². The van der Waals surface area contributed by atoms with Crippen LogP contribution in [0.1, 0.15) is 29.2 Å². The molecule has 0 radical (unpaired) electrons. The van der Waals surface area contributed by atoms with Gasteiger partial charge in [0.25, 0.3) is 5.91 Å². The van der Waals surface area contributed by atoms with Crippen molar-refractivity contribution in [3.05, 3.63) is 30.1 Å². The largest absolute Gasteiger partial charge is 0.350 e. The van der Waals surface area contributed by atoms with Crippen LogP contribution in [0.4, 0.5) is 0 Å². The molecule has 1 aliphatic rings. The lowest BCUT2D eigenvalue weighted by atomic mass is 10.00. The molecule has 2 aromatic heterocycles. The van der Waals surface area contributed by atoms with Gasteiger partial charge < -0.3 is 15.6 Å². The van der Waals surface area contributed by atoms with E-state index in [0.29, 0.717) is 24.6 Å². The van der Waals surface area contributed by atoms with Crippen molar-refractivity contribution < 1.29 is 4.79 Å². The van der Waals surface area contributed by atoms with Crippen LogP contribution in [0.3, 0.4) is 0 Å². The lowest BCUT2D eigenvalue weighted by molar-refractivity contribution is 0.0949. The first-order chi connectivity index (χ1) is 10.8. The van der Waals surface area contributed by atoms with Gasteiger partial charge in [0.15, 0.2) is 5.69 Å². The highest BCUT2D eigenvalue weighted by Crippen LogP contribution is 2.11. The van der Waals surface area contributed by atoms with Crippen LogP contribution < -0.4 is 10.6 Å². The maximum absolute atomic E-state index is 12.0. The lowest BCUT2D eigenvalue weighted by Gasteiger charge is -2.22. The third-order valence-electron chi connectivity index (χ3n) is 3.82. The van der Waals surface area contributed by atoms with Crippen LogP contribution in [0.5, 0.6) is 0 Å². The van der Waals surface area contributed by atoms with E-state index in [4.69, 9.17) is 0 Å². The second-order valence-electron chi connectivity index (χ2n) is 5.58. The van der Waals surface area contributed by atoms with Gasteiger partial charge in [0.05, 0.1) is 6.20 Å². The predicted octanol–water partition coefficient (Wildman–Crippen LogP) is -0.0267. The fourth-order valence-electron chi connectivity index (χ4n) is 2.66. The highest BCUT2D eigenvalue weighted by Gasteiger charge is 2.16. The highest BCUT2D eigenvalue weighted by atomic mass is 16.2. The Hall–Kier alpha value is -2.22. The number of piperidine rings is 1. The molecule has 1 atom stereocenters. The van der Waals surface area contributed by atoms with Crippen molar-refractivity contribution in [2.75, 3.05) is 19.6 Å². The van der Waals surface area contributed by atoms with Crippen molar-refractivity contribution in [1.29, 1.82) is 0 Å². The van der Waals surface area contributed by atoms with Crippen LogP contribution >= 0.6 is 0 Å². The summed E-state index contributed by atoms with van der Waals surface area (Å²) in [5.74, 6) is 1.22. The summed E-state index contributed by atoms with van der Waals surface area (Å²) in [7, 11) is 0. The van der Waals surface area contributed by atoms with Gasteiger partial charge in [-0.2, -0.15) is 0 Å². The Morgan fingerprint density at radius 2 is 2.45 bits per heavy atom. The average Bonchev–Trinajstić information content (AvgIpc) is 3.20. The van der Waals surface area contributed by atoms with Crippen LogP contribution in [0, 0.1) is 5.92 Å². The molecular weight excluding hydrogens is 282 g/mol. The van der Waals surface area contributed by atoms with Crippen LogP contribution in [0.2, 0.25) is 0 Å². The number of nitrogens with one attached hydrogen (secondary N) is 3. The van der Waals surface area contributed by atoms with Gasteiger partial charge in [-0.3, -0.25) is 9.48 Å². The van der Waals surface area contributed by atoms with Gasteiger partial charge >= 0.3 is 0 Å². The molecule has 1 amide bonds. The third-order valence-corrected chi connectivity index (χ3v) is 3.82. The number of hydrogen-bond donors (Lipinski definition) is 3. The van der Waals surface area contributed by atoms with E-state index in [1.54, 1.807) is 23.3 Å². The Balaban J connectivity index is 1.46. The number of rotatable bonds is 6. The van der Waals surface area contributed by atoms with E-state index >= 15 is 0 Å². The number of amides is 1. The second kappa shape index (κ2) is 7.17. The fraction of sp³-hybridized carbons (Fsp3) is 0.571. The Morgan fingerprint density at radius 3 is 3.23 bits per heavy atom. The Kier molecular flexibility index (Phi) is 4.79. The molecule has 3 heterocycles. The van der Waals surface area contributed by atoms with Crippen molar-refractivity contribution in [3.63, 3.8) is 0 Å². The summed E-state index contributed by atoms with van der Waals surface area (Å²) in [5.41, 5.74) is 0.364. The Morgan fingerprint density at radius 1 is 1.50 bits per heavy atom. The first kappa shape index (κ1) is 14.7. The molecule has 8 heteroatoms. The van der Waals surface area contributed by atoms with E-state index in [-0.39, 0.29) is 5.91 Å². The molecule has 8 nitrogen and oxygen atoms in total. The minimum atomic E-state index is -0.195. The molecule has 0 aromatic carbocycles. The zero-order chi connectivity index (χ0) is 15.2. The molecule has 22 heavy (non-hydrogen) atoms. The minimum Gasteiger partial charge on any atom is -0.350 e. The number of nitrogens with zero attached hydrogens (tertiary/aromatic N) is 4. The number of carbonyl (C=O) groups is 1. The molecule has 0 aliphatic carbocycles. The van der Waals surface area contributed by atoms with E-state index < -0.39 is 0 Å². The number of aromatic amines is 1. The monoisotopic (exact) mass is 303 g/mol. The molecule has 1 aliphatic heterocycles. The van der Waals surface area contributed by atoms with Gasteiger partial charge in [-0.15, -0.1) is 5.10 Å². The van der Waals surface area contributed by atoms with Gasteiger partial charge in [0.2, 0.25) is 0 Å². The maximum atomic E-state index is 12.0. The topological polar surface area (TPSA) is 101 Å². The molecular formula is C14H21N7O. The molecule has 1 unspecified atom stereocenters.